The van der Waals surface area contributed by atoms with E-state index in [4.69, 9.17) is 0 Å². The van der Waals surface area contributed by atoms with Crippen molar-refractivity contribution < 1.29 is 9.90 Å². The predicted molar refractivity (Wildman–Crippen MR) is 65.4 cm³/mol. The molecule has 0 spiro atoms. The lowest BCUT2D eigenvalue weighted by molar-refractivity contribution is -0.143. The van der Waals surface area contributed by atoms with E-state index in [1.54, 1.807) is 6.08 Å². The van der Waals surface area contributed by atoms with E-state index in [0.29, 0.717) is 6.42 Å². The molecule has 0 aliphatic carbocycles. The first-order valence-corrected chi connectivity index (χ1v) is 5.39. The number of carbonyl (C=O) groups is 1. The molecule has 0 amide bonds. The summed E-state index contributed by atoms with van der Waals surface area (Å²) in [4.78, 5) is 11.3. The van der Waals surface area contributed by atoms with Gasteiger partial charge < -0.3 is 5.11 Å². The van der Waals surface area contributed by atoms with Gasteiger partial charge in [-0.1, -0.05) is 50.3 Å². The fourth-order valence-corrected chi connectivity index (χ4v) is 1.94. The third kappa shape index (κ3) is 2.51. The summed E-state index contributed by atoms with van der Waals surface area (Å²) in [5.74, 6) is -1.21. The first-order valence-electron chi connectivity index (χ1n) is 5.39. The smallest absolute Gasteiger partial charge is 0.307 e. The minimum absolute atomic E-state index is 0.388. The van der Waals surface area contributed by atoms with Crippen LogP contribution in [0.1, 0.15) is 25.8 Å². The Kier molecular flexibility index (Phi) is 3.88. The van der Waals surface area contributed by atoms with Gasteiger partial charge in [-0.3, -0.25) is 4.79 Å². The van der Waals surface area contributed by atoms with Crippen LogP contribution in [0.15, 0.2) is 43.0 Å². The lowest BCUT2D eigenvalue weighted by Crippen LogP contribution is -2.34. The molecule has 0 saturated heterocycles. The average Bonchev–Trinajstić information content (AvgIpc) is 2.26. The van der Waals surface area contributed by atoms with Crippen LogP contribution in [-0.2, 0) is 10.2 Å². The number of allylic oxidation sites excluding steroid dienone is 1. The summed E-state index contributed by atoms with van der Waals surface area (Å²) in [6.07, 6.45) is 2.15. The minimum Gasteiger partial charge on any atom is -0.481 e. The van der Waals surface area contributed by atoms with Gasteiger partial charge in [0.05, 0.1) is 5.92 Å². The van der Waals surface area contributed by atoms with E-state index in [2.05, 4.69) is 6.58 Å². The van der Waals surface area contributed by atoms with Crippen LogP contribution in [0.2, 0.25) is 0 Å². The van der Waals surface area contributed by atoms with E-state index in [1.165, 1.54) is 0 Å². The molecular formula is C14H18O2. The molecule has 86 valence electrons. The maximum atomic E-state index is 11.3. The molecule has 1 aromatic rings. The highest BCUT2D eigenvalue weighted by Gasteiger charge is 2.35. The lowest BCUT2D eigenvalue weighted by Gasteiger charge is -2.31. The van der Waals surface area contributed by atoms with Gasteiger partial charge in [0, 0.05) is 5.41 Å². The number of hydrogen-bond acceptors (Lipinski definition) is 1. The van der Waals surface area contributed by atoms with Crippen molar-refractivity contribution in [1.82, 2.24) is 0 Å². The second-order valence-corrected chi connectivity index (χ2v) is 4.50. The Bertz CT molecular complexity index is 366. The summed E-state index contributed by atoms with van der Waals surface area (Å²) in [7, 11) is 0. The zero-order valence-electron chi connectivity index (χ0n) is 9.81. The molecule has 1 N–H and O–H groups in total. The highest BCUT2D eigenvalue weighted by molar-refractivity contribution is 5.72. The Hall–Kier alpha value is -1.57. The van der Waals surface area contributed by atoms with Crippen LogP contribution in [0.5, 0.6) is 0 Å². The summed E-state index contributed by atoms with van der Waals surface area (Å²) in [5, 5.41) is 9.25. The molecule has 0 radical (unpaired) electrons. The standard InChI is InChI=1S/C14H18O2/c1-4-8-12(13(15)16)14(2,3)11-9-6-5-7-10-11/h4-7,9-10,12H,1,8H2,2-3H3,(H,15,16)/t12-/m1/s1. The summed E-state index contributed by atoms with van der Waals surface area (Å²) in [5.41, 5.74) is 0.658. The number of benzene rings is 1. The highest BCUT2D eigenvalue weighted by atomic mass is 16.4. The van der Waals surface area contributed by atoms with Gasteiger partial charge in [-0.05, 0) is 12.0 Å². The second kappa shape index (κ2) is 4.97. The van der Waals surface area contributed by atoms with Crippen LogP contribution in [0.4, 0.5) is 0 Å². The van der Waals surface area contributed by atoms with Crippen LogP contribution in [-0.4, -0.2) is 11.1 Å². The van der Waals surface area contributed by atoms with E-state index in [9.17, 15) is 9.90 Å². The minimum atomic E-state index is -0.770. The van der Waals surface area contributed by atoms with Crippen molar-refractivity contribution >= 4 is 5.97 Å². The number of rotatable bonds is 5. The Morgan fingerprint density at radius 3 is 2.44 bits per heavy atom. The van der Waals surface area contributed by atoms with Gasteiger partial charge in [-0.25, -0.2) is 0 Å². The first-order chi connectivity index (χ1) is 7.50. The Morgan fingerprint density at radius 2 is 2.00 bits per heavy atom. The largest absolute Gasteiger partial charge is 0.481 e. The van der Waals surface area contributed by atoms with Gasteiger partial charge in [-0.15, -0.1) is 6.58 Å². The molecule has 0 aliphatic rings. The SMILES string of the molecule is C=CC[C@H](C(=O)O)C(C)(C)c1ccccc1. The van der Waals surface area contributed by atoms with Crippen molar-refractivity contribution in [2.24, 2.45) is 5.92 Å². The number of carboxylic acid groups (broad SMARTS) is 1. The molecule has 1 rings (SSSR count). The van der Waals surface area contributed by atoms with Crippen LogP contribution < -0.4 is 0 Å². The Labute approximate surface area is 96.6 Å². The molecule has 1 aromatic carbocycles. The quantitative estimate of drug-likeness (QED) is 0.770. The van der Waals surface area contributed by atoms with Gasteiger partial charge >= 0.3 is 5.97 Å². The van der Waals surface area contributed by atoms with Crippen molar-refractivity contribution in [2.45, 2.75) is 25.7 Å². The van der Waals surface area contributed by atoms with Crippen LogP contribution in [0.25, 0.3) is 0 Å². The maximum absolute atomic E-state index is 11.3. The molecule has 0 unspecified atom stereocenters. The van der Waals surface area contributed by atoms with Crippen molar-refractivity contribution in [1.29, 1.82) is 0 Å². The summed E-state index contributed by atoms with van der Waals surface area (Å²) in [6.45, 7) is 7.55. The normalized spacial score (nSPS) is 13.1. The topological polar surface area (TPSA) is 37.3 Å². The monoisotopic (exact) mass is 218 g/mol. The molecule has 2 nitrogen and oxygen atoms in total. The summed E-state index contributed by atoms with van der Waals surface area (Å²) in [6, 6.07) is 9.74. The molecule has 1 atom stereocenters. The molecule has 16 heavy (non-hydrogen) atoms. The average molecular weight is 218 g/mol. The van der Waals surface area contributed by atoms with Gasteiger partial charge in [0.15, 0.2) is 0 Å². The van der Waals surface area contributed by atoms with E-state index in [0.717, 1.165) is 5.56 Å². The van der Waals surface area contributed by atoms with Crippen LogP contribution in [0, 0.1) is 5.92 Å². The molecule has 0 saturated carbocycles. The van der Waals surface area contributed by atoms with Gasteiger partial charge in [0.25, 0.3) is 0 Å². The molecule has 2 heteroatoms. The Morgan fingerprint density at radius 1 is 1.44 bits per heavy atom. The summed E-state index contributed by atoms with van der Waals surface area (Å²) < 4.78 is 0. The molecule has 0 bridgehead atoms. The van der Waals surface area contributed by atoms with Crippen LogP contribution >= 0.6 is 0 Å². The van der Waals surface area contributed by atoms with E-state index in [1.807, 2.05) is 44.2 Å². The predicted octanol–water partition coefficient (Wildman–Crippen LogP) is 3.24. The first kappa shape index (κ1) is 12.5. The van der Waals surface area contributed by atoms with E-state index < -0.39 is 11.9 Å². The number of aliphatic carboxylic acids is 1. The van der Waals surface area contributed by atoms with Crippen LogP contribution in [0.3, 0.4) is 0 Å². The second-order valence-electron chi connectivity index (χ2n) is 4.50. The lowest BCUT2D eigenvalue weighted by atomic mass is 9.72. The number of carboxylic acids is 1. The Balaban J connectivity index is 3.07. The van der Waals surface area contributed by atoms with Crippen molar-refractivity contribution in [3.8, 4) is 0 Å². The van der Waals surface area contributed by atoms with Gasteiger partial charge in [0.2, 0.25) is 0 Å². The maximum Gasteiger partial charge on any atom is 0.307 e. The van der Waals surface area contributed by atoms with Gasteiger partial charge in [0.1, 0.15) is 0 Å². The fourth-order valence-electron chi connectivity index (χ4n) is 1.94. The molecule has 0 aliphatic heterocycles. The van der Waals surface area contributed by atoms with Crippen molar-refractivity contribution in [2.75, 3.05) is 0 Å². The molecule has 0 heterocycles. The van der Waals surface area contributed by atoms with E-state index in [-0.39, 0.29) is 5.41 Å². The third-order valence-electron chi connectivity index (χ3n) is 3.09. The van der Waals surface area contributed by atoms with Crippen molar-refractivity contribution in [3.05, 3.63) is 48.6 Å². The fraction of sp³-hybridized carbons (Fsp3) is 0.357. The molecule has 0 aromatic heterocycles. The zero-order chi connectivity index (χ0) is 12.2. The van der Waals surface area contributed by atoms with E-state index >= 15 is 0 Å². The summed E-state index contributed by atoms with van der Waals surface area (Å²) >= 11 is 0. The zero-order valence-corrected chi connectivity index (χ0v) is 9.81. The van der Waals surface area contributed by atoms with Gasteiger partial charge in [-0.2, -0.15) is 0 Å². The number of hydrogen-bond donors (Lipinski definition) is 1. The molecule has 0 fully saturated rings. The third-order valence-corrected chi connectivity index (χ3v) is 3.09. The molecular weight excluding hydrogens is 200 g/mol. The van der Waals surface area contributed by atoms with Crippen molar-refractivity contribution in [3.63, 3.8) is 0 Å². The highest BCUT2D eigenvalue weighted by Crippen LogP contribution is 2.34.